The van der Waals surface area contributed by atoms with Gasteiger partial charge in [0.1, 0.15) is 0 Å². The molecule has 1 aliphatic rings. The molecule has 0 saturated heterocycles. The Labute approximate surface area is 93.9 Å². The molecule has 0 atom stereocenters. The number of carbonyl (C=O) groups excluding carboxylic acids is 2. The molecule has 14 heavy (non-hydrogen) atoms. The van der Waals surface area contributed by atoms with Gasteiger partial charge in [0, 0.05) is 12.8 Å². The van der Waals surface area contributed by atoms with Crippen molar-refractivity contribution in [2.75, 3.05) is 0 Å². The van der Waals surface area contributed by atoms with Gasteiger partial charge in [-0.1, -0.05) is 19.3 Å². The molecule has 0 amide bonds. The van der Waals surface area contributed by atoms with E-state index in [2.05, 4.69) is 0 Å². The van der Waals surface area contributed by atoms with Crippen molar-refractivity contribution < 1.29 is 9.59 Å². The van der Waals surface area contributed by atoms with E-state index in [4.69, 9.17) is 23.2 Å². The number of hydrogen-bond donors (Lipinski definition) is 0. The molecule has 0 aromatic rings. The maximum atomic E-state index is 10.9. The number of carbonyl (C=O) groups is 2. The van der Waals surface area contributed by atoms with E-state index in [1.54, 1.807) is 0 Å². The molecule has 0 heterocycles. The summed E-state index contributed by atoms with van der Waals surface area (Å²) in [5, 5.41) is -0.713. The molecule has 0 aliphatic heterocycles. The van der Waals surface area contributed by atoms with Crippen LogP contribution in [-0.2, 0) is 9.59 Å². The van der Waals surface area contributed by atoms with Crippen LogP contribution < -0.4 is 0 Å². The molecule has 0 radical (unpaired) electrons. The highest BCUT2D eigenvalue weighted by atomic mass is 35.5. The van der Waals surface area contributed by atoms with Crippen molar-refractivity contribution in [2.45, 2.75) is 44.9 Å². The fraction of sp³-hybridized carbons (Fsp3) is 0.800. The topological polar surface area (TPSA) is 34.1 Å². The van der Waals surface area contributed by atoms with Crippen LogP contribution >= 0.6 is 23.2 Å². The van der Waals surface area contributed by atoms with Crippen LogP contribution in [0.25, 0.3) is 0 Å². The Balaban J connectivity index is 2.66. The molecule has 0 aromatic carbocycles. The Morgan fingerprint density at radius 2 is 1.36 bits per heavy atom. The lowest BCUT2D eigenvalue weighted by atomic mass is 9.70. The molecule has 0 bridgehead atoms. The first-order valence-corrected chi connectivity index (χ1v) is 5.66. The van der Waals surface area contributed by atoms with E-state index < -0.39 is 0 Å². The predicted octanol–water partition coefficient (Wildman–Crippen LogP) is 3.25. The maximum Gasteiger partial charge on any atom is 0.222 e. The average molecular weight is 237 g/mol. The fourth-order valence-electron chi connectivity index (χ4n) is 2.31. The molecule has 0 aromatic heterocycles. The third kappa shape index (κ3) is 3.58. The summed E-state index contributed by atoms with van der Waals surface area (Å²) < 4.78 is 0. The summed E-state index contributed by atoms with van der Waals surface area (Å²) in [4.78, 5) is 21.8. The Morgan fingerprint density at radius 3 is 1.71 bits per heavy atom. The number of halogens is 2. The van der Waals surface area contributed by atoms with Gasteiger partial charge in [-0.2, -0.15) is 0 Å². The molecule has 4 heteroatoms. The average Bonchev–Trinajstić information content (AvgIpc) is 2.01. The standard InChI is InChI=1S/C10H14Cl2O2/c11-8(13)6-10(7-9(12)14)4-2-1-3-5-10/h1-7H2. The molecule has 1 aliphatic carbocycles. The predicted molar refractivity (Wildman–Crippen MR) is 56.5 cm³/mol. The summed E-state index contributed by atoms with van der Waals surface area (Å²) in [6, 6.07) is 0. The normalized spacial score (nSPS) is 20.4. The summed E-state index contributed by atoms with van der Waals surface area (Å²) in [5.74, 6) is 0. The van der Waals surface area contributed by atoms with Crippen LogP contribution in [0, 0.1) is 5.41 Å². The summed E-state index contributed by atoms with van der Waals surface area (Å²) in [6.45, 7) is 0. The lowest BCUT2D eigenvalue weighted by Gasteiger charge is -2.35. The quantitative estimate of drug-likeness (QED) is 0.703. The summed E-state index contributed by atoms with van der Waals surface area (Å²) in [5.41, 5.74) is -0.240. The fourth-order valence-corrected chi connectivity index (χ4v) is 2.87. The molecular weight excluding hydrogens is 223 g/mol. The van der Waals surface area contributed by atoms with Crippen LogP contribution in [0.5, 0.6) is 0 Å². The van der Waals surface area contributed by atoms with Gasteiger partial charge in [0.05, 0.1) is 0 Å². The van der Waals surface area contributed by atoms with Gasteiger partial charge in [0.25, 0.3) is 0 Å². The smallest absolute Gasteiger partial charge is 0.222 e. The highest BCUT2D eigenvalue weighted by Gasteiger charge is 2.35. The van der Waals surface area contributed by atoms with E-state index in [1.165, 1.54) is 6.42 Å². The minimum absolute atomic E-state index is 0.240. The highest BCUT2D eigenvalue weighted by Crippen LogP contribution is 2.43. The number of hydrogen-bond acceptors (Lipinski definition) is 2. The van der Waals surface area contributed by atoms with Gasteiger partial charge in [0.2, 0.25) is 10.5 Å². The van der Waals surface area contributed by atoms with E-state index in [0.29, 0.717) is 0 Å². The Bertz CT molecular complexity index is 214. The van der Waals surface area contributed by atoms with Gasteiger partial charge in [-0.05, 0) is 41.5 Å². The zero-order chi connectivity index (χ0) is 10.6. The lowest BCUT2D eigenvalue weighted by Crippen LogP contribution is -2.28. The van der Waals surface area contributed by atoms with E-state index in [1.807, 2.05) is 0 Å². The lowest BCUT2D eigenvalue weighted by molar-refractivity contribution is -0.117. The first kappa shape index (κ1) is 12.0. The second kappa shape index (κ2) is 5.13. The van der Waals surface area contributed by atoms with Crippen molar-refractivity contribution in [1.29, 1.82) is 0 Å². The van der Waals surface area contributed by atoms with Crippen molar-refractivity contribution >= 4 is 33.7 Å². The van der Waals surface area contributed by atoms with Crippen LogP contribution in [0.15, 0.2) is 0 Å². The number of rotatable bonds is 4. The van der Waals surface area contributed by atoms with E-state index in [9.17, 15) is 9.59 Å². The van der Waals surface area contributed by atoms with Crippen LogP contribution in [0.4, 0.5) is 0 Å². The highest BCUT2D eigenvalue weighted by molar-refractivity contribution is 6.64. The van der Waals surface area contributed by atoms with Crippen molar-refractivity contribution in [1.82, 2.24) is 0 Å². The van der Waals surface area contributed by atoms with E-state index >= 15 is 0 Å². The molecule has 1 saturated carbocycles. The Morgan fingerprint density at radius 1 is 0.929 bits per heavy atom. The van der Waals surface area contributed by atoms with Crippen LogP contribution in [0.2, 0.25) is 0 Å². The van der Waals surface area contributed by atoms with E-state index in [0.717, 1.165) is 25.7 Å². The molecular formula is C10H14Cl2O2. The summed E-state index contributed by atoms with van der Waals surface area (Å²) in [6.07, 6.45) is 5.66. The van der Waals surface area contributed by atoms with Crippen molar-refractivity contribution in [2.24, 2.45) is 5.41 Å². The minimum Gasteiger partial charge on any atom is -0.281 e. The third-order valence-electron chi connectivity index (χ3n) is 2.94. The van der Waals surface area contributed by atoms with Crippen molar-refractivity contribution in [3.8, 4) is 0 Å². The first-order valence-electron chi connectivity index (χ1n) is 4.91. The van der Waals surface area contributed by atoms with E-state index in [-0.39, 0.29) is 28.7 Å². The summed E-state index contributed by atoms with van der Waals surface area (Å²) >= 11 is 10.8. The van der Waals surface area contributed by atoms with Gasteiger partial charge < -0.3 is 0 Å². The molecule has 0 unspecified atom stereocenters. The van der Waals surface area contributed by atoms with Gasteiger partial charge >= 0.3 is 0 Å². The monoisotopic (exact) mass is 236 g/mol. The Hall–Kier alpha value is -0.0800. The molecule has 80 valence electrons. The van der Waals surface area contributed by atoms with Gasteiger partial charge in [-0.25, -0.2) is 0 Å². The molecule has 2 nitrogen and oxygen atoms in total. The summed E-state index contributed by atoms with van der Waals surface area (Å²) in [7, 11) is 0. The van der Waals surface area contributed by atoms with Crippen molar-refractivity contribution in [3.63, 3.8) is 0 Å². The van der Waals surface area contributed by atoms with Crippen LogP contribution in [0.3, 0.4) is 0 Å². The largest absolute Gasteiger partial charge is 0.281 e. The molecule has 0 spiro atoms. The second-order valence-corrected chi connectivity index (χ2v) is 4.97. The third-order valence-corrected chi connectivity index (χ3v) is 3.21. The van der Waals surface area contributed by atoms with Gasteiger partial charge in [0.15, 0.2) is 0 Å². The van der Waals surface area contributed by atoms with Gasteiger partial charge in [-0.3, -0.25) is 9.59 Å². The SMILES string of the molecule is O=C(Cl)CC1(CC(=O)Cl)CCCCC1. The minimum atomic E-state index is -0.357. The maximum absolute atomic E-state index is 10.9. The molecule has 1 fully saturated rings. The second-order valence-electron chi connectivity index (χ2n) is 4.12. The zero-order valence-corrected chi connectivity index (χ0v) is 9.53. The Kier molecular flexibility index (Phi) is 4.39. The van der Waals surface area contributed by atoms with Gasteiger partial charge in [-0.15, -0.1) is 0 Å². The first-order chi connectivity index (χ1) is 6.54. The zero-order valence-electron chi connectivity index (χ0n) is 8.02. The molecule has 0 N–H and O–H groups in total. The van der Waals surface area contributed by atoms with Crippen LogP contribution in [-0.4, -0.2) is 10.5 Å². The van der Waals surface area contributed by atoms with Crippen molar-refractivity contribution in [3.05, 3.63) is 0 Å². The molecule has 1 rings (SSSR count). The van der Waals surface area contributed by atoms with Crippen LogP contribution in [0.1, 0.15) is 44.9 Å².